The third kappa shape index (κ3) is 4.71. The van der Waals surface area contributed by atoms with Gasteiger partial charge in [-0.2, -0.15) is 0 Å². The molecule has 20 heavy (non-hydrogen) atoms. The van der Waals surface area contributed by atoms with Crippen LogP contribution in [0.4, 0.5) is 11.4 Å². The fourth-order valence-electron chi connectivity index (χ4n) is 1.90. The normalized spacial score (nSPS) is 10.5. The van der Waals surface area contributed by atoms with Crippen molar-refractivity contribution in [3.8, 4) is 0 Å². The number of rotatable bonds is 9. The van der Waals surface area contributed by atoms with Crippen LogP contribution in [0.25, 0.3) is 0 Å². The van der Waals surface area contributed by atoms with Crippen LogP contribution in [-0.2, 0) is 9.47 Å². The molecule has 0 aliphatic carbocycles. The number of ether oxygens (including phenoxy) is 2. The van der Waals surface area contributed by atoms with E-state index in [9.17, 15) is 4.79 Å². The lowest BCUT2D eigenvalue weighted by Crippen LogP contribution is -2.30. The van der Waals surface area contributed by atoms with Gasteiger partial charge in [0.25, 0.3) is 0 Å². The maximum absolute atomic E-state index is 11.1. The fourth-order valence-corrected chi connectivity index (χ4v) is 1.90. The molecule has 1 aromatic rings. The molecule has 0 aliphatic rings. The Bertz CT molecular complexity index is 437. The Morgan fingerprint density at radius 1 is 1.25 bits per heavy atom. The summed E-state index contributed by atoms with van der Waals surface area (Å²) in [6, 6.07) is 4.72. The van der Waals surface area contributed by atoms with E-state index in [0.717, 1.165) is 18.7 Å². The number of nitrogens with two attached hydrogens (primary N) is 1. The summed E-state index contributed by atoms with van der Waals surface area (Å²) in [4.78, 5) is 13.1. The molecule has 3 N–H and O–H groups in total. The van der Waals surface area contributed by atoms with E-state index in [1.54, 1.807) is 26.4 Å². The molecule has 0 aliphatic heterocycles. The number of carbonyl (C=O) groups is 1. The second-order valence-corrected chi connectivity index (χ2v) is 4.40. The van der Waals surface area contributed by atoms with Crippen molar-refractivity contribution in [1.29, 1.82) is 0 Å². The Balaban J connectivity index is 2.92. The second-order valence-electron chi connectivity index (χ2n) is 4.40. The zero-order chi connectivity index (χ0) is 15.0. The van der Waals surface area contributed by atoms with E-state index in [1.165, 1.54) is 6.07 Å². The minimum Gasteiger partial charge on any atom is -0.478 e. The van der Waals surface area contributed by atoms with E-state index >= 15 is 0 Å². The molecule has 112 valence electrons. The summed E-state index contributed by atoms with van der Waals surface area (Å²) in [6.07, 6.45) is 0.830. The predicted molar refractivity (Wildman–Crippen MR) is 78.4 cm³/mol. The number of hydrogen-bond donors (Lipinski definition) is 2. The standard InChI is InChI=1S/C14H22N2O4/c1-19-8-3-6-16(7-9-20-2)13-10-11(14(17)18)4-5-12(13)15/h4-5,10H,3,6-9,15H2,1-2H3,(H,17,18). The quantitative estimate of drug-likeness (QED) is 0.527. The Hall–Kier alpha value is -1.79. The topological polar surface area (TPSA) is 85.0 Å². The van der Waals surface area contributed by atoms with Crippen LogP contribution >= 0.6 is 0 Å². The van der Waals surface area contributed by atoms with Gasteiger partial charge in [-0.3, -0.25) is 0 Å². The van der Waals surface area contributed by atoms with Crippen molar-refractivity contribution in [1.82, 2.24) is 0 Å². The van der Waals surface area contributed by atoms with Crippen LogP contribution in [0.3, 0.4) is 0 Å². The fraction of sp³-hybridized carbons (Fsp3) is 0.500. The first-order chi connectivity index (χ1) is 9.60. The number of carboxylic acid groups (broad SMARTS) is 1. The molecular weight excluding hydrogens is 260 g/mol. The Morgan fingerprint density at radius 3 is 2.55 bits per heavy atom. The van der Waals surface area contributed by atoms with E-state index in [0.29, 0.717) is 25.4 Å². The number of methoxy groups -OCH3 is 2. The first-order valence-corrected chi connectivity index (χ1v) is 6.45. The zero-order valence-corrected chi connectivity index (χ0v) is 12.0. The van der Waals surface area contributed by atoms with Gasteiger partial charge in [-0.1, -0.05) is 0 Å². The zero-order valence-electron chi connectivity index (χ0n) is 12.0. The highest BCUT2D eigenvalue weighted by molar-refractivity contribution is 5.90. The van der Waals surface area contributed by atoms with E-state index in [-0.39, 0.29) is 5.56 Å². The SMILES string of the molecule is COCCCN(CCOC)c1cc(C(=O)O)ccc1N. The largest absolute Gasteiger partial charge is 0.478 e. The van der Waals surface area contributed by atoms with Crippen molar-refractivity contribution < 1.29 is 19.4 Å². The van der Waals surface area contributed by atoms with Crippen molar-refractivity contribution >= 4 is 17.3 Å². The van der Waals surface area contributed by atoms with Gasteiger partial charge in [-0.25, -0.2) is 4.79 Å². The number of benzene rings is 1. The molecule has 6 nitrogen and oxygen atoms in total. The van der Waals surface area contributed by atoms with Crippen molar-refractivity contribution in [3.05, 3.63) is 23.8 Å². The van der Waals surface area contributed by atoms with Crippen LogP contribution in [0, 0.1) is 0 Å². The highest BCUT2D eigenvalue weighted by atomic mass is 16.5. The maximum atomic E-state index is 11.1. The molecular formula is C14H22N2O4. The van der Waals surface area contributed by atoms with Crippen molar-refractivity contribution in [2.45, 2.75) is 6.42 Å². The Labute approximate surface area is 119 Å². The lowest BCUT2D eigenvalue weighted by atomic mass is 10.1. The minimum atomic E-state index is -0.963. The average Bonchev–Trinajstić information content (AvgIpc) is 2.43. The summed E-state index contributed by atoms with van der Waals surface area (Å²) < 4.78 is 10.1. The van der Waals surface area contributed by atoms with Crippen LogP contribution in [-0.4, -0.2) is 51.6 Å². The number of aromatic carboxylic acids is 1. The lowest BCUT2D eigenvalue weighted by molar-refractivity contribution is 0.0697. The summed E-state index contributed by atoms with van der Waals surface area (Å²) in [5.74, 6) is -0.963. The molecule has 0 heterocycles. The van der Waals surface area contributed by atoms with E-state index in [4.69, 9.17) is 20.3 Å². The smallest absolute Gasteiger partial charge is 0.335 e. The first-order valence-electron chi connectivity index (χ1n) is 6.45. The molecule has 0 saturated carbocycles. The molecule has 0 amide bonds. The van der Waals surface area contributed by atoms with Gasteiger partial charge in [-0.15, -0.1) is 0 Å². The van der Waals surface area contributed by atoms with E-state index in [1.807, 2.05) is 4.90 Å². The van der Waals surface area contributed by atoms with Crippen LogP contribution in [0.5, 0.6) is 0 Å². The number of nitrogens with zero attached hydrogens (tertiary/aromatic N) is 1. The van der Waals surface area contributed by atoms with Crippen LogP contribution in [0.15, 0.2) is 18.2 Å². The van der Waals surface area contributed by atoms with Gasteiger partial charge in [0, 0.05) is 33.9 Å². The third-order valence-corrected chi connectivity index (χ3v) is 2.96. The molecule has 0 fully saturated rings. The molecule has 1 aromatic carbocycles. The number of carboxylic acids is 1. The average molecular weight is 282 g/mol. The molecule has 0 saturated heterocycles. The molecule has 0 aromatic heterocycles. The predicted octanol–water partition coefficient (Wildman–Crippen LogP) is 1.46. The summed E-state index contributed by atoms with van der Waals surface area (Å²) in [7, 11) is 3.28. The molecule has 1 rings (SSSR count). The Kier molecular flexibility index (Phi) is 6.83. The summed E-state index contributed by atoms with van der Waals surface area (Å²) in [6.45, 7) is 2.56. The highest BCUT2D eigenvalue weighted by Gasteiger charge is 2.13. The first kappa shape index (κ1) is 16.3. The maximum Gasteiger partial charge on any atom is 0.335 e. The highest BCUT2D eigenvalue weighted by Crippen LogP contribution is 2.25. The van der Waals surface area contributed by atoms with E-state index in [2.05, 4.69) is 0 Å². The van der Waals surface area contributed by atoms with Gasteiger partial charge in [0.2, 0.25) is 0 Å². The lowest BCUT2D eigenvalue weighted by Gasteiger charge is -2.26. The summed E-state index contributed by atoms with van der Waals surface area (Å²) in [5, 5.41) is 9.07. The second kappa shape index (κ2) is 8.39. The number of hydrogen-bond acceptors (Lipinski definition) is 5. The van der Waals surface area contributed by atoms with Gasteiger partial charge in [0.15, 0.2) is 0 Å². The Morgan fingerprint density at radius 2 is 1.95 bits per heavy atom. The third-order valence-electron chi connectivity index (χ3n) is 2.96. The van der Waals surface area contributed by atoms with Gasteiger partial charge in [0.1, 0.15) is 0 Å². The van der Waals surface area contributed by atoms with Gasteiger partial charge in [0.05, 0.1) is 23.5 Å². The monoisotopic (exact) mass is 282 g/mol. The minimum absolute atomic E-state index is 0.225. The number of nitrogen functional groups attached to an aromatic ring is 1. The van der Waals surface area contributed by atoms with Crippen molar-refractivity contribution in [3.63, 3.8) is 0 Å². The van der Waals surface area contributed by atoms with Crippen LogP contribution < -0.4 is 10.6 Å². The van der Waals surface area contributed by atoms with E-state index < -0.39 is 5.97 Å². The molecule has 0 spiro atoms. The number of anilines is 2. The molecule has 0 radical (unpaired) electrons. The van der Waals surface area contributed by atoms with Gasteiger partial charge < -0.3 is 25.2 Å². The molecule has 0 bridgehead atoms. The summed E-state index contributed by atoms with van der Waals surface area (Å²) >= 11 is 0. The van der Waals surface area contributed by atoms with Crippen molar-refractivity contribution in [2.24, 2.45) is 0 Å². The van der Waals surface area contributed by atoms with Gasteiger partial charge in [-0.05, 0) is 24.6 Å². The van der Waals surface area contributed by atoms with Crippen molar-refractivity contribution in [2.75, 3.05) is 51.2 Å². The molecule has 6 heteroatoms. The molecule has 0 atom stereocenters. The van der Waals surface area contributed by atoms with Gasteiger partial charge >= 0.3 is 5.97 Å². The van der Waals surface area contributed by atoms with Crippen LogP contribution in [0.1, 0.15) is 16.8 Å². The molecule has 0 unspecified atom stereocenters. The van der Waals surface area contributed by atoms with Crippen LogP contribution in [0.2, 0.25) is 0 Å². The summed E-state index contributed by atoms with van der Waals surface area (Å²) in [5.41, 5.74) is 7.46.